The van der Waals surface area contributed by atoms with Gasteiger partial charge in [0.2, 0.25) is 0 Å². The Labute approximate surface area is 137 Å². The van der Waals surface area contributed by atoms with Crippen molar-refractivity contribution in [1.82, 2.24) is 5.32 Å². The third-order valence-electron chi connectivity index (χ3n) is 3.71. The summed E-state index contributed by atoms with van der Waals surface area (Å²) in [5.74, 6) is 0.0140. The van der Waals surface area contributed by atoms with E-state index in [1.54, 1.807) is 0 Å². The first-order valence-electron chi connectivity index (χ1n) is 6.87. The van der Waals surface area contributed by atoms with Gasteiger partial charge in [-0.3, -0.25) is 4.79 Å². The highest BCUT2D eigenvalue weighted by Crippen LogP contribution is 2.34. The third-order valence-corrected chi connectivity index (χ3v) is 4.98. The van der Waals surface area contributed by atoms with Crippen molar-refractivity contribution in [3.05, 3.63) is 69.2 Å². The average molecular weight is 365 g/mol. The zero-order valence-corrected chi connectivity index (χ0v) is 14.0. The molecule has 2 nitrogen and oxygen atoms in total. The monoisotopic (exact) mass is 363 g/mol. The van der Waals surface area contributed by atoms with Gasteiger partial charge in [0.1, 0.15) is 0 Å². The first kappa shape index (κ1) is 14.6. The summed E-state index contributed by atoms with van der Waals surface area (Å²) in [6.07, 6.45) is 0.893. The Morgan fingerprint density at radius 3 is 2.76 bits per heavy atom. The van der Waals surface area contributed by atoms with E-state index in [0.717, 1.165) is 45.8 Å². The number of hydrogen-bond donors (Lipinski definition) is 1. The van der Waals surface area contributed by atoms with Gasteiger partial charge in [-0.1, -0.05) is 45.7 Å². The Morgan fingerprint density at radius 2 is 2.00 bits per heavy atom. The van der Waals surface area contributed by atoms with E-state index in [-0.39, 0.29) is 10.7 Å². The fraction of sp³-hybridized carbons (Fsp3) is 0.235. The Morgan fingerprint density at radius 1 is 1.19 bits per heavy atom. The summed E-state index contributed by atoms with van der Waals surface area (Å²) in [4.78, 5) is 12.0. The SMILES string of the molecule is Cc1cc(Cl)cc(C(Br)c2ccc3c(c2)C(=O)NCC3)c1. The summed E-state index contributed by atoms with van der Waals surface area (Å²) < 4.78 is 0. The second-order valence-corrected chi connectivity index (χ2v) is 6.70. The van der Waals surface area contributed by atoms with Crippen LogP contribution < -0.4 is 5.32 Å². The van der Waals surface area contributed by atoms with Crippen LogP contribution in [0.15, 0.2) is 36.4 Å². The molecular weight excluding hydrogens is 350 g/mol. The smallest absolute Gasteiger partial charge is 0.251 e. The zero-order valence-electron chi connectivity index (χ0n) is 11.6. The maximum Gasteiger partial charge on any atom is 0.251 e. The number of nitrogens with one attached hydrogen (secondary N) is 1. The molecule has 0 saturated heterocycles. The zero-order chi connectivity index (χ0) is 15.0. The summed E-state index contributed by atoms with van der Waals surface area (Å²) in [6.45, 7) is 2.74. The summed E-state index contributed by atoms with van der Waals surface area (Å²) in [7, 11) is 0. The van der Waals surface area contributed by atoms with Crippen LogP contribution in [0.2, 0.25) is 5.02 Å². The van der Waals surface area contributed by atoms with Crippen molar-refractivity contribution < 1.29 is 4.79 Å². The molecule has 0 spiro atoms. The Kier molecular flexibility index (Phi) is 4.05. The van der Waals surface area contributed by atoms with E-state index in [2.05, 4.69) is 39.4 Å². The van der Waals surface area contributed by atoms with Crippen molar-refractivity contribution in [2.45, 2.75) is 18.2 Å². The van der Waals surface area contributed by atoms with Gasteiger partial charge in [-0.05, 0) is 53.8 Å². The number of rotatable bonds is 2. The molecule has 0 aromatic heterocycles. The molecule has 2 aromatic rings. The summed E-state index contributed by atoms with van der Waals surface area (Å²) in [5, 5.41) is 3.61. The van der Waals surface area contributed by atoms with Crippen LogP contribution in [-0.2, 0) is 6.42 Å². The van der Waals surface area contributed by atoms with Gasteiger partial charge in [-0.25, -0.2) is 0 Å². The number of carbonyl (C=O) groups excluding carboxylic acids is 1. The van der Waals surface area contributed by atoms with Gasteiger partial charge in [0.15, 0.2) is 0 Å². The molecule has 0 saturated carbocycles. The standard InChI is InChI=1S/C17H15BrClNO/c1-10-6-13(8-14(19)7-10)16(18)12-3-2-11-4-5-20-17(21)15(11)9-12/h2-3,6-9,16H,4-5H2,1H3,(H,20,21). The highest BCUT2D eigenvalue weighted by molar-refractivity contribution is 9.09. The van der Waals surface area contributed by atoms with Crippen LogP contribution in [0.5, 0.6) is 0 Å². The lowest BCUT2D eigenvalue weighted by Crippen LogP contribution is -2.31. The van der Waals surface area contributed by atoms with E-state index in [0.29, 0.717) is 0 Å². The first-order valence-corrected chi connectivity index (χ1v) is 8.16. The van der Waals surface area contributed by atoms with Gasteiger partial charge in [0.05, 0.1) is 4.83 Å². The molecule has 1 amide bonds. The number of fused-ring (bicyclic) bond motifs is 1. The number of alkyl halides is 1. The Balaban J connectivity index is 2.00. The van der Waals surface area contributed by atoms with Gasteiger partial charge >= 0.3 is 0 Å². The molecule has 3 rings (SSSR count). The number of benzene rings is 2. The van der Waals surface area contributed by atoms with E-state index >= 15 is 0 Å². The number of amides is 1. The fourth-order valence-electron chi connectivity index (χ4n) is 2.69. The lowest BCUT2D eigenvalue weighted by molar-refractivity contribution is 0.0946. The van der Waals surface area contributed by atoms with Crippen LogP contribution in [0, 0.1) is 6.92 Å². The van der Waals surface area contributed by atoms with Crippen molar-refractivity contribution in [3.8, 4) is 0 Å². The highest BCUT2D eigenvalue weighted by atomic mass is 79.9. The average Bonchev–Trinajstić information content (AvgIpc) is 2.45. The predicted octanol–water partition coefficient (Wildman–Crippen LogP) is 4.42. The second-order valence-electron chi connectivity index (χ2n) is 5.35. The van der Waals surface area contributed by atoms with Gasteiger partial charge in [0, 0.05) is 17.1 Å². The second kappa shape index (κ2) is 5.82. The van der Waals surface area contributed by atoms with Crippen LogP contribution in [0.3, 0.4) is 0 Å². The maximum absolute atomic E-state index is 12.0. The minimum Gasteiger partial charge on any atom is -0.352 e. The molecule has 1 unspecified atom stereocenters. The van der Waals surface area contributed by atoms with Crippen LogP contribution in [-0.4, -0.2) is 12.5 Å². The van der Waals surface area contributed by atoms with Crippen molar-refractivity contribution in [1.29, 1.82) is 0 Å². The largest absolute Gasteiger partial charge is 0.352 e. The normalized spacial score (nSPS) is 15.3. The highest BCUT2D eigenvalue weighted by Gasteiger charge is 2.19. The van der Waals surface area contributed by atoms with E-state index in [1.165, 1.54) is 0 Å². The third kappa shape index (κ3) is 2.99. The summed E-state index contributed by atoms with van der Waals surface area (Å²) >= 11 is 9.86. The Hall–Kier alpha value is -1.32. The lowest BCUT2D eigenvalue weighted by atomic mass is 9.95. The van der Waals surface area contributed by atoms with Crippen molar-refractivity contribution in [2.24, 2.45) is 0 Å². The van der Waals surface area contributed by atoms with Crippen LogP contribution >= 0.6 is 27.5 Å². The molecule has 1 aliphatic heterocycles. The first-order chi connectivity index (χ1) is 10.0. The minimum atomic E-state index is 0.0140. The van der Waals surface area contributed by atoms with Crippen molar-refractivity contribution >= 4 is 33.4 Å². The van der Waals surface area contributed by atoms with Gasteiger partial charge in [-0.15, -0.1) is 0 Å². The molecule has 108 valence electrons. The van der Waals surface area contributed by atoms with Gasteiger partial charge < -0.3 is 5.32 Å². The fourth-order valence-corrected chi connectivity index (χ4v) is 3.54. The lowest BCUT2D eigenvalue weighted by Gasteiger charge is -2.19. The van der Waals surface area contributed by atoms with Crippen molar-refractivity contribution in [2.75, 3.05) is 6.54 Å². The molecule has 1 atom stereocenters. The van der Waals surface area contributed by atoms with E-state index in [4.69, 9.17) is 11.6 Å². The van der Waals surface area contributed by atoms with E-state index in [9.17, 15) is 4.79 Å². The molecule has 4 heteroatoms. The maximum atomic E-state index is 12.0. The van der Waals surface area contributed by atoms with Crippen LogP contribution in [0.1, 0.15) is 37.4 Å². The number of aryl methyl sites for hydroxylation is 1. The van der Waals surface area contributed by atoms with Gasteiger partial charge in [0.25, 0.3) is 5.91 Å². The molecule has 1 N–H and O–H groups in total. The number of hydrogen-bond acceptors (Lipinski definition) is 1. The topological polar surface area (TPSA) is 29.1 Å². The summed E-state index contributed by atoms with van der Waals surface area (Å²) in [5.41, 5.74) is 5.17. The van der Waals surface area contributed by atoms with E-state index in [1.807, 2.05) is 25.1 Å². The van der Waals surface area contributed by atoms with Crippen LogP contribution in [0.4, 0.5) is 0 Å². The number of halogens is 2. The van der Waals surface area contributed by atoms with Crippen molar-refractivity contribution in [3.63, 3.8) is 0 Å². The Bertz CT molecular complexity index is 694. The minimum absolute atomic E-state index is 0.0140. The molecule has 21 heavy (non-hydrogen) atoms. The summed E-state index contributed by atoms with van der Waals surface area (Å²) in [6, 6.07) is 12.1. The predicted molar refractivity (Wildman–Crippen MR) is 89.4 cm³/mol. The molecule has 0 bridgehead atoms. The quantitative estimate of drug-likeness (QED) is 0.785. The molecule has 0 radical (unpaired) electrons. The van der Waals surface area contributed by atoms with Crippen LogP contribution in [0.25, 0.3) is 0 Å². The molecule has 1 aliphatic rings. The number of carbonyl (C=O) groups is 1. The molecule has 0 aliphatic carbocycles. The molecule has 1 heterocycles. The van der Waals surface area contributed by atoms with Gasteiger partial charge in [-0.2, -0.15) is 0 Å². The molecule has 2 aromatic carbocycles. The molecule has 0 fully saturated rings. The van der Waals surface area contributed by atoms with E-state index < -0.39 is 0 Å². The molecular formula is C17H15BrClNO.